The molecule has 0 radical (unpaired) electrons. The molecule has 0 spiro atoms. The van der Waals surface area contributed by atoms with Crippen LogP contribution in [-0.2, 0) is 0 Å². The van der Waals surface area contributed by atoms with Gasteiger partial charge in [-0.05, 0) is 42.7 Å². The van der Waals surface area contributed by atoms with Crippen LogP contribution in [0.2, 0.25) is 0 Å². The molecule has 2 heterocycles. The van der Waals surface area contributed by atoms with Crippen LogP contribution >= 0.6 is 0 Å². The summed E-state index contributed by atoms with van der Waals surface area (Å²) in [4.78, 5) is 24.0. The first-order valence-corrected chi connectivity index (χ1v) is 10.1. The first-order chi connectivity index (χ1) is 14.5. The number of amides is 1. The summed E-state index contributed by atoms with van der Waals surface area (Å²) >= 11 is 0. The molecule has 6 heteroatoms. The fourth-order valence-corrected chi connectivity index (χ4v) is 3.51. The average molecular weight is 399 g/mol. The Morgan fingerprint density at radius 3 is 2.43 bits per heavy atom. The van der Waals surface area contributed by atoms with Crippen LogP contribution in [-0.4, -0.2) is 37.6 Å². The van der Waals surface area contributed by atoms with Crippen molar-refractivity contribution in [1.29, 1.82) is 0 Å². The van der Waals surface area contributed by atoms with Crippen molar-refractivity contribution in [3.8, 4) is 5.69 Å². The molecular weight excluding hydrogens is 374 g/mol. The number of hydrogen-bond acceptors (Lipinski definition) is 4. The van der Waals surface area contributed by atoms with Crippen molar-refractivity contribution >= 4 is 16.8 Å². The molecule has 30 heavy (non-hydrogen) atoms. The van der Waals surface area contributed by atoms with Crippen molar-refractivity contribution in [2.75, 3.05) is 7.05 Å². The molecule has 2 aromatic carbocycles. The summed E-state index contributed by atoms with van der Waals surface area (Å²) in [5.74, 6) is 0.233. The number of aromatic nitrogens is 4. The van der Waals surface area contributed by atoms with E-state index in [0.717, 1.165) is 27.8 Å². The highest BCUT2D eigenvalue weighted by atomic mass is 16.2. The molecule has 0 saturated heterocycles. The topological polar surface area (TPSA) is 63.9 Å². The first-order valence-electron chi connectivity index (χ1n) is 10.1. The lowest BCUT2D eigenvalue weighted by molar-refractivity contribution is 0.0744. The van der Waals surface area contributed by atoms with Gasteiger partial charge in [-0.15, -0.1) is 0 Å². The Bertz CT molecular complexity index is 1170. The lowest BCUT2D eigenvalue weighted by Gasteiger charge is -2.26. The number of fused-ring (bicyclic) bond motifs is 1. The summed E-state index contributed by atoms with van der Waals surface area (Å²) in [5, 5.41) is 5.03. The fourth-order valence-electron chi connectivity index (χ4n) is 3.51. The van der Waals surface area contributed by atoms with Crippen molar-refractivity contribution < 1.29 is 4.79 Å². The number of benzene rings is 2. The summed E-state index contributed by atoms with van der Waals surface area (Å²) in [6, 6.07) is 17.7. The van der Waals surface area contributed by atoms with E-state index in [9.17, 15) is 4.79 Å². The molecule has 1 amide bonds. The Kier molecular flexibility index (Phi) is 5.31. The summed E-state index contributed by atoms with van der Waals surface area (Å²) in [6.07, 6.45) is 3.17. The van der Waals surface area contributed by atoms with Gasteiger partial charge in [0.15, 0.2) is 0 Å². The van der Waals surface area contributed by atoms with Gasteiger partial charge < -0.3 is 4.90 Å². The second-order valence-electron chi connectivity index (χ2n) is 7.79. The van der Waals surface area contributed by atoms with E-state index in [1.54, 1.807) is 15.9 Å². The van der Waals surface area contributed by atoms with Gasteiger partial charge in [0.25, 0.3) is 5.91 Å². The third kappa shape index (κ3) is 3.68. The van der Waals surface area contributed by atoms with Crippen molar-refractivity contribution in [3.05, 3.63) is 84.1 Å². The SMILES string of the molecule is CC(C)c1cc(C(=O)N(C)C(C)c2ccc(-n3cncn3)cc2)c2ccccc2n1. The zero-order chi connectivity index (χ0) is 21.3. The Balaban J connectivity index is 1.65. The minimum absolute atomic E-state index is 0.0108. The number of pyridine rings is 1. The number of para-hydroxylation sites is 1. The van der Waals surface area contributed by atoms with Crippen LogP contribution in [0.4, 0.5) is 0 Å². The predicted molar refractivity (Wildman–Crippen MR) is 118 cm³/mol. The lowest BCUT2D eigenvalue weighted by Crippen LogP contribution is -2.30. The van der Waals surface area contributed by atoms with Crippen LogP contribution < -0.4 is 0 Å². The maximum absolute atomic E-state index is 13.5. The zero-order valence-electron chi connectivity index (χ0n) is 17.6. The van der Waals surface area contributed by atoms with Crippen molar-refractivity contribution in [1.82, 2.24) is 24.6 Å². The summed E-state index contributed by atoms with van der Waals surface area (Å²) < 4.78 is 1.71. The van der Waals surface area contributed by atoms with Gasteiger partial charge in [-0.25, -0.2) is 9.67 Å². The van der Waals surface area contributed by atoms with Gasteiger partial charge in [0.2, 0.25) is 0 Å². The highest BCUT2D eigenvalue weighted by Crippen LogP contribution is 2.27. The van der Waals surface area contributed by atoms with Crippen LogP contribution in [0, 0.1) is 0 Å². The van der Waals surface area contributed by atoms with E-state index in [4.69, 9.17) is 4.98 Å². The highest BCUT2D eigenvalue weighted by Gasteiger charge is 2.22. The lowest BCUT2D eigenvalue weighted by atomic mass is 10.0. The van der Waals surface area contributed by atoms with E-state index in [-0.39, 0.29) is 17.9 Å². The van der Waals surface area contributed by atoms with E-state index >= 15 is 0 Å². The van der Waals surface area contributed by atoms with Gasteiger partial charge in [0, 0.05) is 18.1 Å². The Morgan fingerprint density at radius 1 is 1.03 bits per heavy atom. The van der Waals surface area contributed by atoms with Crippen LogP contribution in [0.5, 0.6) is 0 Å². The average Bonchev–Trinajstić information content (AvgIpc) is 3.32. The molecule has 0 saturated carbocycles. The second-order valence-corrected chi connectivity index (χ2v) is 7.79. The van der Waals surface area contributed by atoms with Crippen molar-refractivity contribution in [3.63, 3.8) is 0 Å². The van der Waals surface area contributed by atoms with Crippen LogP contribution in [0.15, 0.2) is 67.3 Å². The monoisotopic (exact) mass is 399 g/mol. The molecule has 0 fully saturated rings. The number of carbonyl (C=O) groups is 1. The molecule has 0 bridgehead atoms. The minimum atomic E-state index is -0.0864. The van der Waals surface area contributed by atoms with Gasteiger partial charge in [-0.3, -0.25) is 9.78 Å². The molecule has 1 atom stereocenters. The van der Waals surface area contributed by atoms with Gasteiger partial charge in [0.1, 0.15) is 12.7 Å². The second kappa shape index (κ2) is 8.06. The number of carbonyl (C=O) groups excluding carboxylic acids is 1. The zero-order valence-corrected chi connectivity index (χ0v) is 17.6. The van der Waals surface area contributed by atoms with E-state index in [0.29, 0.717) is 5.56 Å². The van der Waals surface area contributed by atoms with Gasteiger partial charge in [-0.1, -0.05) is 44.2 Å². The minimum Gasteiger partial charge on any atom is -0.335 e. The summed E-state index contributed by atoms with van der Waals surface area (Å²) in [5.41, 5.74) is 4.45. The first kappa shape index (κ1) is 19.8. The molecule has 152 valence electrons. The molecular formula is C24H25N5O. The van der Waals surface area contributed by atoms with Crippen LogP contribution in [0.3, 0.4) is 0 Å². The van der Waals surface area contributed by atoms with Gasteiger partial charge in [-0.2, -0.15) is 5.10 Å². The Labute approximate surface area is 176 Å². The number of nitrogens with zero attached hydrogens (tertiary/aromatic N) is 5. The highest BCUT2D eigenvalue weighted by molar-refractivity contribution is 6.06. The smallest absolute Gasteiger partial charge is 0.254 e. The summed E-state index contributed by atoms with van der Waals surface area (Å²) in [7, 11) is 1.85. The van der Waals surface area contributed by atoms with E-state index in [1.165, 1.54) is 6.33 Å². The number of hydrogen-bond donors (Lipinski definition) is 0. The third-order valence-corrected chi connectivity index (χ3v) is 5.52. The van der Waals surface area contributed by atoms with Crippen molar-refractivity contribution in [2.24, 2.45) is 0 Å². The molecule has 2 aromatic heterocycles. The normalized spacial score (nSPS) is 12.3. The fraction of sp³-hybridized carbons (Fsp3) is 0.250. The standard InChI is InChI=1S/C24H25N5O/c1-16(2)23-13-21(20-7-5-6-8-22(20)27-23)24(30)28(4)17(3)18-9-11-19(12-10-18)29-15-25-14-26-29/h5-17H,1-4H3. The van der Waals surface area contributed by atoms with E-state index in [1.807, 2.05) is 68.6 Å². The maximum atomic E-state index is 13.5. The molecule has 0 aliphatic rings. The quantitative estimate of drug-likeness (QED) is 0.485. The largest absolute Gasteiger partial charge is 0.335 e. The van der Waals surface area contributed by atoms with Crippen LogP contribution in [0.1, 0.15) is 54.3 Å². The summed E-state index contributed by atoms with van der Waals surface area (Å²) in [6.45, 7) is 6.22. The van der Waals surface area contributed by atoms with Gasteiger partial charge in [0.05, 0.1) is 22.8 Å². The van der Waals surface area contributed by atoms with E-state index in [2.05, 4.69) is 23.9 Å². The molecule has 1 unspecified atom stereocenters. The Morgan fingerprint density at radius 2 is 1.77 bits per heavy atom. The molecule has 4 aromatic rings. The molecule has 0 N–H and O–H groups in total. The van der Waals surface area contributed by atoms with Crippen molar-refractivity contribution in [2.45, 2.75) is 32.7 Å². The maximum Gasteiger partial charge on any atom is 0.254 e. The third-order valence-electron chi connectivity index (χ3n) is 5.52. The predicted octanol–water partition coefficient (Wildman–Crippen LogP) is 4.77. The molecule has 6 nitrogen and oxygen atoms in total. The van der Waals surface area contributed by atoms with E-state index < -0.39 is 0 Å². The Hall–Kier alpha value is -3.54. The molecule has 0 aliphatic heterocycles. The molecule has 0 aliphatic carbocycles. The van der Waals surface area contributed by atoms with Crippen LogP contribution in [0.25, 0.3) is 16.6 Å². The molecule has 4 rings (SSSR count). The van der Waals surface area contributed by atoms with Gasteiger partial charge >= 0.3 is 0 Å². The number of rotatable bonds is 5.